The highest BCUT2D eigenvalue weighted by Gasteiger charge is 2.24. The first-order valence-corrected chi connectivity index (χ1v) is 9.75. The van der Waals surface area contributed by atoms with Gasteiger partial charge >= 0.3 is 6.09 Å². The Balaban J connectivity index is 2.54. The van der Waals surface area contributed by atoms with Crippen molar-refractivity contribution < 1.29 is 14.6 Å². The van der Waals surface area contributed by atoms with Crippen LogP contribution in [-0.2, 0) is 4.74 Å². The van der Waals surface area contributed by atoms with Gasteiger partial charge in [-0.05, 0) is 107 Å². The Kier molecular flexibility index (Phi) is 6.47. The number of aliphatic hydroxyl groups excluding tert-OH is 1. The number of ether oxygens (including phenoxy) is 1. The lowest BCUT2D eigenvalue weighted by atomic mass is 9.85. The quantitative estimate of drug-likeness (QED) is 0.631. The van der Waals surface area contributed by atoms with Crippen LogP contribution in [0.2, 0.25) is 5.02 Å². The lowest BCUT2D eigenvalue weighted by Gasteiger charge is -2.25. The van der Waals surface area contributed by atoms with E-state index in [4.69, 9.17) is 16.3 Å². The van der Waals surface area contributed by atoms with Gasteiger partial charge in [0.2, 0.25) is 0 Å². The van der Waals surface area contributed by atoms with E-state index in [1.165, 1.54) is 5.56 Å². The molecule has 2 rings (SSSR count). The van der Waals surface area contributed by atoms with Crippen LogP contribution in [0.4, 0.5) is 10.5 Å². The number of carbonyl (C=O) groups is 1. The molecule has 0 saturated heterocycles. The molecule has 0 aromatic heterocycles. The topological polar surface area (TPSA) is 58.6 Å². The largest absolute Gasteiger partial charge is 0.444 e. The summed E-state index contributed by atoms with van der Waals surface area (Å²) >= 11 is 6.20. The molecule has 0 aliphatic heterocycles. The van der Waals surface area contributed by atoms with Crippen LogP contribution in [0.3, 0.4) is 0 Å². The fourth-order valence-electron chi connectivity index (χ4n) is 3.38. The summed E-state index contributed by atoms with van der Waals surface area (Å²) in [6, 6.07) is 5.04. The number of aliphatic hydroxyl groups is 1. The van der Waals surface area contributed by atoms with Crippen LogP contribution in [-0.4, -0.2) is 16.8 Å². The molecule has 0 radical (unpaired) electrons. The van der Waals surface area contributed by atoms with E-state index in [9.17, 15) is 9.90 Å². The predicted octanol–water partition coefficient (Wildman–Crippen LogP) is 6.31. The highest BCUT2D eigenvalue weighted by atomic mass is 35.5. The molecule has 2 aromatic carbocycles. The fourth-order valence-corrected chi connectivity index (χ4v) is 3.56. The molecule has 0 bridgehead atoms. The first kappa shape index (κ1) is 22.3. The van der Waals surface area contributed by atoms with Crippen molar-refractivity contribution in [2.75, 3.05) is 5.32 Å². The van der Waals surface area contributed by atoms with Gasteiger partial charge in [0.25, 0.3) is 0 Å². The average molecular weight is 404 g/mol. The van der Waals surface area contributed by atoms with E-state index in [2.05, 4.69) is 26.1 Å². The van der Waals surface area contributed by atoms with Crippen molar-refractivity contribution in [1.29, 1.82) is 0 Å². The second-order valence-electron chi connectivity index (χ2n) is 8.30. The molecule has 0 saturated carbocycles. The van der Waals surface area contributed by atoms with Gasteiger partial charge in [-0.25, -0.2) is 4.79 Å². The molecule has 1 amide bonds. The normalized spacial score (nSPS) is 12.6. The van der Waals surface area contributed by atoms with Crippen LogP contribution in [0.25, 0.3) is 0 Å². The smallest absolute Gasteiger partial charge is 0.412 e. The summed E-state index contributed by atoms with van der Waals surface area (Å²) in [6.07, 6.45) is -1.50. The summed E-state index contributed by atoms with van der Waals surface area (Å²) in [7, 11) is 0. The minimum Gasteiger partial charge on any atom is -0.444 e. The van der Waals surface area contributed by atoms with Gasteiger partial charge in [0.05, 0.1) is 5.69 Å². The maximum atomic E-state index is 12.3. The molecule has 28 heavy (non-hydrogen) atoms. The van der Waals surface area contributed by atoms with Gasteiger partial charge in [-0.3, -0.25) is 5.32 Å². The number of anilines is 1. The molecule has 0 fully saturated rings. The summed E-state index contributed by atoms with van der Waals surface area (Å²) in [5.41, 5.74) is 6.84. The monoisotopic (exact) mass is 403 g/mol. The first-order chi connectivity index (χ1) is 12.8. The van der Waals surface area contributed by atoms with Gasteiger partial charge in [-0.2, -0.15) is 0 Å². The molecular formula is C23H30ClNO3. The number of nitrogens with one attached hydrogen (secondary N) is 1. The predicted molar refractivity (Wildman–Crippen MR) is 115 cm³/mol. The van der Waals surface area contributed by atoms with Gasteiger partial charge in [-0.15, -0.1) is 0 Å². The number of rotatable bonds is 3. The van der Waals surface area contributed by atoms with Crippen molar-refractivity contribution in [1.82, 2.24) is 0 Å². The van der Waals surface area contributed by atoms with E-state index < -0.39 is 17.8 Å². The van der Waals surface area contributed by atoms with Crippen LogP contribution in [0.5, 0.6) is 0 Å². The molecule has 5 heteroatoms. The first-order valence-electron chi connectivity index (χ1n) is 9.37. The van der Waals surface area contributed by atoms with E-state index in [0.717, 1.165) is 27.8 Å². The van der Waals surface area contributed by atoms with Crippen molar-refractivity contribution in [3.8, 4) is 0 Å². The minimum atomic E-state index is -0.929. The lowest BCUT2D eigenvalue weighted by molar-refractivity contribution is 0.0635. The van der Waals surface area contributed by atoms with E-state index >= 15 is 0 Å². The Labute approximate surface area is 172 Å². The third-order valence-corrected chi connectivity index (χ3v) is 5.51. The summed E-state index contributed by atoms with van der Waals surface area (Å²) in [4.78, 5) is 12.3. The van der Waals surface area contributed by atoms with E-state index in [0.29, 0.717) is 16.3 Å². The Morgan fingerprint density at radius 1 is 1.00 bits per heavy atom. The van der Waals surface area contributed by atoms with Crippen LogP contribution >= 0.6 is 11.6 Å². The minimum absolute atomic E-state index is 0.473. The molecule has 1 unspecified atom stereocenters. The molecule has 0 heterocycles. The zero-order valence-electron chi connectivity index (χ0n) is 18.0. The third-order valence-electron chi connectivity index (χ3n) is 5.28. The highest BCUT2D eigenvalue weighted by molar-refractivity contribution is 6.30. The number of hydrogen-bond donors (Lipinski definition) is 2. The van der Waals surface area contributed by atoms with E-state index in [1.807, 2.05) is 13.8 Å². The number of carbonyl (C=O) groups excluding carboxylic acids is 1. The third kappa shape index (κ3) is 4.68. The van der Waals surface area contributed by atoms with Gasteiger partial charge in [0.15, 0.2) is 0 Å². The molecule has 0 spiro atoms. The summed E-state index contributed by atoms with van der Waals surface area (Å²) in [5.74, 6) is 0. The Morgan fingerprint density at radius 2 is 1.50 bits per heavy atom. The number of hydrogen-bond acceptors (Lipinski definition) is 3. The SMILES string of the molecule is Cc1c(C)c(C)c(C(O)c2cc(Cl)ccc2NC(=O)OC(C)(C)C)c(C)c1C. The van der Waals surface area contributed by atoms with Crippen molar-refractivity contribution in [3.63, 3.8) is 0 Å². The standard InChI is InChI=1S/C23H30ClNO3/c1-12-13(2)15(4)20(16(5)14(12)3)21(26)18-11-17(24)9-10-19(18)25-22(27)28-23(6,7)8/h9-11,21,26H,1-8H3,(H,25,27). The Morgan fingerprint density at radius 3 is 2.00 bits per heavy atom. The molecule has 152 valence electrons. The second kappa shape index (κ2) is 8.14. The maximum Gasteiger partial charge on any atom is 0.412 e. The van der Waals surface area contributed by atoms with Gasteiger partial charge in [0, 0.05) is 10.6 Å². The molecule has 2 N–H and O–H groups in total. The van der Waals surface area contributed by atoms with Gasteiger partial charge in [-0.1, -0.05) is 11.6 Å². The highest BCUT2D eigenvalue weighted by Crippen LogP contribution is 2.37. The van der Waals surface area contributed by atoms with E-state index in [1.54, 1.807) is 39.0 Å². The Bertz CT molecular complexity index is 884. The maximum absolute atomic E-state index is 12.3. The van der Waals surface area contributed by atoms with Crippen molar-refractivity contribution in [2.24, 2.45) is 0 Å². The Hall–Kier alpha value is -2.04. The summed E-state index contributed by atoms with van der Waals surface area (Å²) in [6.45, 7) is 15.6. The molecule has 1 atom stereocenters. The van der Waals surface area contributed by atoms with Crippen LogP contribution < -0.4 is 5.32 Å². The molecule has 0 aliphatic carbocycles. The fraction of sp³-hybridized carbons (Fsp3) is 0.435. The van der Waals surface area contributed by atoms with Crippen LogP contribution in [0, 0.1) is 34.6 Å². The van der Waals surface area contributed by atoms with E-state index in [-0.39, 0.29) is 0 Å². The van der Waals surface area contributed by atoms with Crippen LogP contribution in [0.1, 0.15) is 65.8 Å². The average Bonchev–Trinajstić information content (AvgIpc) is 2.58. The van der Waals surface area contributed by atoms with Gasteiger partial charge in [0.1, 0.15) is 11.7 Å². The number of amides is 1. The molecule has 2 aromatic rings. The zero-order chi connectivity index (χ0) is 21.4. The van der Waals surface area contributed by atoms with Crippen molar-refractivity contribution >= 4 is 23.4 Å². The number of benzene rings is 2. The molecular weight excluding hydrogens is 374 g/mol. The summed E-state index contributed by atoms with van der Waals surface area (Å²) < 4.78 is 5.35. The molecule has 4 nitrogen and oxygen atoms in total. The zero-order valence-corrected chi connectivity index (χ0v) is 18.7. The summed E-state index contributed by atoms with van der Waals surface area (Å²) in [5, 5.41) is 14.5. The lowest BCUT2D eigenvalue weighted by Crippen LogP contribution is -2.27. The van der Waals surface area contributed by atoms with Gasteiger partial charge < -0.3 is 9.84 Å². The van der Waals surface area contributed by atoms with Crippen molar-refractivity contribution in [2.45, 2.75) is 67.1 Å². The second-order valence-corrected chi connectivity index (χ2v) is 8.74. The van der Waals surface area contributed by atoms with Crippen LogP contribution in [0.15, 0.2) is 18.2 Å². The molecule has 0 aliphatic rings. The van der Waals surface area contributed by atoms with Crippen molar-refractivity contribution in [3.05, 3.63) is 62.2 Å². The number of halogens is 1.